The van der Waals surface area contributed by atoms with Crippen molar-refractivity contribution in [2.75, 3.05) is 0 Å². The molecular formula is C19H14N2O3. The smallest absolute Gasteiger partial charge is 0.358 e. The summed E-state index contributed by atoms with van der Waals surface area (Å²) in [6.07, 6.45) is 3.15. The highest BCUT2D eigenvalue weighted by atomic mass is 16.5. The van der Waals surface area contributed by atoms with Crippen LogP contribution in [0.1, 0.15) is 16.1 Å². The van der Waals surface area contributed by atoms with Gasteiger partial charge in [0, 0.05) is 11.8 Å². The zero-order chi connectivity index (χ0) is 16.4. The molecule has 2 heterocycles. The van der Waals surface area contributed by atoms with Crippen LogP contribution in [0.3, 0.4) is 0 Å². The molecule has 0 atom stereocenters. The van der Waals surface area contributed by atoms with Crippen LogP contribution in [-0.4, -0.2) is 15.4 Å². The number of esters is 1. The van der Waals surface area contributed by atoms with Gasteiger partial charge in [0.05, 0.1) is 0 Å². The van der Waals surface area contributed by atoms with Gasteiger partial charge in [-0.15, -0.1) is 0 Å². The van der Waals surface area contributed by atoms with E-state index in [2.05, 4.69) is 4.98 Å². The number of oxazole rings is 1. The number of rotatable bonds is 4. The van der Waals surface area contributed by atoms with E-state index in [0.29, 0.717) is 17.2 Å². The van der Waals surface area contributed by atoms with Crippen LogP contribution in [0.4, 0.5) is 0 Å². The van der Waals surface area contributed by atoms with Crippen molar-refractivity contribution in [3.05, 3.63) is 84.4 Å². The minimum Gasteiger partial charge on any atom is -0.456 e. The molecule has 4 rings (SSSR count). The van der Waals surface area contributed by atoms with Crippen molar-refractivity contribution in [1.82, 2.24) is 9.38 Å². The predicted molar refractivity (Wildman–Crippen MR) is 88.5 cm³/mol. The zero-order valence-electron chi connectivity index (χ0n) is 12.8. The lowest BCUT2D eigenvalue weighted by Gasteiger charge is -2.06. The van der Waals surface area contributed by atoms with Crippen molar-refractivity contribution in [3.63, 3.8) is 0 Å². The minimum atomic E-state index is -0.438. The summed E-state index contributed by atoms with van der Waals surface area (Å²) in [4.78, 5) is 17.1. The first-order chi connectivity index (χ1) is 11.8. The summed E-state index contributed by atoms with van der Waals surface area (Å²) in [5.74, 6) is -0.0767. The molecule has 0 unspecified atom stereocenters. The molecule has 0 amide bonds. The van der Waals surface area contributed by atoms with Crippen molar-refractivity contribution in [2.45, 2.75) is 6.61 Å². The van der Waals surface area contributed by atoms with E-state index in [4.69, 9.17) is 9.15 Å². The predicted octanol–water partition coefficient (Wildman–Crippen LogP) is 3.95. The summed E-state index contributed by atoms with van der Waals surface area (Å²) < 4.78 is 12.4. The van der Waals surface area contributed by atoms with E-state index in [0.717, 1.165) is 11.1 Å². The molecular weight excluding hydrogens is 304 g/mol. The van der Waals surface area contributed by atoms with Gasteiger partial charge in [-0.3, -0.25) is 4.40 Å². The summed E-state index contributed by atoms with van der Waals surface area (Å²) in [5, 5.41) is 0. The van der Waals surface area contributed by atoms with Crippen LogP contribution in [0.2, 0.25) is 0 Å². The van der Waals surface area contributed by atoms with Crippen LogP contribution < -0.4 is 0 Å². The van der Waals surface area contributed by atoms with Crippen LogP contribution >= 0.6 is 0 Å². The van der Waals surface area contributed by atoms with Gasteiger partial charge in [0.1, 0.15) is 18.6 Å². The summed E-state index contributed by atoms with van der Waals surface area (Å²) in [7, 11) is 0. The van der Waals surface area contributed by atoms with Crippen LogP contribution in [0.5, 0.6) is 0 Å². The molecule has 4 aromatic rings. The monoisotopic (exact) mass is 318 g/mol. The Balaban J connectivity index is 1.69. The van der Waals surface area contributed by atoms with Gasteiger partial charge in [0.25, 0.3) is 0 Å². The number of nitrogens with zero attached hydrogens (tertiary/aromatic N) is 2. The maximum absolute atomic E-state index is 12.7. The molecule has 2 aromatic heterocycles. The molecule has 0 radical (unpaired) electrons. The molecule has 5 nitrogen and oxygen atoms in total. The van der Waals surface area contributed by atoms with E-state index >= 15 is 0 Å². The van der Waals surface area contributed by atoms with Crippen LogP contribution in [-0.2, 0) is 11.3 Å². The second-order valence-corrected chi connectivity index (χ2v) is 5.29. The van der Waals surface area contributed by atoms with Gasteiger partial charge >= 0.3 is 11.8 Å². The van der Waals surface area contributed by atoms with E-state index in [-0.39, 0.29) is 6.61 Å². The number of hydrogen-bond acceptors (Lipinski definition) is 4. The van der Waals surface area contributed by atoms with E-state index in [1.807, 2.05) is 60.7 Å². The van der Waals surface area contributed by atoms with E-state index < -0.39 is 5.97 Å². The number of imidazole rings is 1. The highest BCUT2D eigenvalue weighted by Crippen LogP contribution is 2.25. The molecule has 0 fully saturated rings. The average Bonchev–Trinajstić information content (AvgIpc) is 3.22. The van der Waals surface area contributed by atoms with Gasteiger partial charge in [0.2, 0.25) is 0 Å². The Morgan fingerprint density at radius 3 is 2.50 bits per heavy atom. The third-order valence-electron chi connectivity index (χ3n) is 3.72. The molecule has 0 N–H and O–H groups in total. The quantitative estimate of drug-likeness (QED) is 0.535. The zero-order valence-corrected chi connectivity index (χ0v) is 12.8. The van der Waals surface area contributed by atoms with Crippen LogP contribution in [0, 0.1) is 0 Å². The second-order valence-electron chi connectivity index (χ2n) is 5.29. The van der Waals surface area contributed by atoms with Gasteiger partial charge in [0.15, 0.2) is 5.69 Å². The Hall–Kier alpha value is -3.34. The lowest BCUT2D eigenvalue weighted by atomic mass is 10.1. The number of ether oxygens (including phenoxy) is 1. The summed E-state index contributed by atoms with van der Waals surface area (Å²) in [6.45, 7) is 0.207. The number of hydrogen-bond donors (Lipinski definition) is 0. The largest absolute Gasteiger partial charge is 0.456 e. The molecule has 0 aliphatic heterocycles. The highest BCUT2D eigenvalue weighted by Gasteiger charge is 2.23. The molecule has 0 aliphatic carbocycles. The molecule has 2 aromatic carbocycles. The van der Waals surface area contributed by atoms with Crippen molar-refractivity contribution < 1.29 is 13.9 Å². The summed E-state index contributed by atoms with van der Waals surface area (Å²) >= 11 is 0. The second kappa shape index (κ2) is 6.04. The van der Waals surface area contributed by atoms with E-state index in [9.17, 15) is 4.79 Å². The van der Waals surface area contributed by atoms with Crippen molar-refractivity contribution in [1.29, 1.82) is 0 Å². The van der Waals surface area contributed by atoms with Gasteiger partial charge in [-0.1, -0.05) is 60.7 Å². The number of benzene rings is 2. The third kappa shape index (κ3) is 2.56. The standard InChI is InChI=1S/C19H14N2O3/c22-18(24-13-14-7-3-1-4-8-14)17-16(15-9-5-2-6-10-15)20-19-21(17)11-12-23-19/h1-12H,13H2. The molecule has 0 spiro atoms. The Kier molecular flexibility index (Phi) is 3.59. The van der Waals surface area contributed by atoms with Gasteiger partial charge in [-0.25, -0.2) is 4.79 Å². The number of aromatic nitrogens is 2. The first-order valence-electron chi connectivity index (χ1n) is 7.55. The SMILES string of the molecule is O=C(OCc1ccccc1)c1c(-c2ccccc2)nc2occn12. The Bertz CT molecular complexity index is 972. The molecule has 0 saturated carbocycles. The fourth-order valence-electron chi connectivity index (χ4n) is 2.57. The van der Waals surface area contributed by atoms with Gasteiger partial charge in [-0.2, -0.15) is 4.98 Å². The first kappa shape index (κ1) is 14.3. The third-order valence-corrected chi connectivity index (χ3v) is 3.72. The number of carbonyl (C=O) groups excluding carboxylic acids is 1. The fraction of sp³-hybridized carbons (Fsp3) is 0.0526. The number of carbonyl (C=O) groups is 1. The number of fused-ring (bicyclic) bond motifs is 1. The molecule has 0 bridgehead atoms. The van der Waals surface area contributed by atoms with Crippen molar-refractivity contribution >= 4 is 11.8 Å². The van der Waals surface area contributed by atoms with Crippen LogP contribution in [0.15, 0.2) is 77.5 Å². The van der Waals surface area contributed by atoms with Crippen molar-refractivity contribution in [2.24, 2.45) is 0 Å². The topological polar surface area (TPSA) is 56.7 Å². The molecule has 118 valence electrons. The lowest BCUT2D eigenvalue weighted by molar-refractivity contribution is 0.0465. The highest BCUT2D eigenvalue weighted by molar-refractivity contribution is 5.95. The van der Waals surface area contributed by atoms with E-state index in [1.54, 1.807) is 10.6 Å². The minimum absolute atomic E-state index is 0.207. The Morgan fingerprint density at radius 2 is 1.75 bits per heavy atom. The van der Waals surface area contributed by atoms with Gasteiger partial charge < -0.3 is 9.15 Å². The average molecular weight is 318 g/mol. The fourth-order valence-corrected chi connectivity index (χ4v) is 2.57. The normalized spacial score (nSPS) is 10.8. The lowest BCUT2D eigenvalue weighted by Crippen LogP contribution is -2.09. The Labute approximate surface area is 138 Å². The maximum atomic E-state index is 12.7. The van der Waals surface area contributed by atoms with Gasteiger partial charge in [-0.05, 0) is 5.56 Å². The summed E-state index contributed by atoms with van der Waals surface area (Å²) in [5.41, 5.74) is 2.68. The first-order valence-corrected chi connectivity index (χ1v) is 7.55. The molecule has 24 heavy (non-hydrogen) atoms. The summed E-state index contributed by atoms with van der Waals surface area (Å²) in [6, 6.07) is 19.1. The maximum Gasteiger partial charge on any atom is 0.358 e. The van der Waals surface area contributed by atoms with E-state index in [1.165, 1.54) is 6.26 Å². The van der Waals surface area contributed by atoms with Crippen molar-refractivity contribution in [3.8, 4) is 11.3 Å². The Morgan fingerprint density at radius 1 is 1.04 bits per heavy atom. The molecule has 5 heteroatoms. The molecule has 0 saturated heterocycles. The molecule has 0 aliphatic rings. The van der Waals surface area contributed by atoms with Crippen LogP contribution in [0.25, 0.3) is 17.1 Å².